The summed E-state index contributed by atoms with van der Waals surface area (Å²) in [7, 11) is 0. The maximum Gasteiger partial charge on any atom is 0.116 e. The lowest BCUT2D eigenvalue weighted by atomic mass is 9.80. The van der Waals surface area contributed by atoms with Crippen molar-refractivity contribution in [3.63, 3.8) is 0 Å². The summed E-state index contributed by atoms with van der Waals surface area (Å²) >= 11 is 0. The molecule has 2 N–H and O–H groups in total. The third kappa shape index (κ3) is 2.19. The minimum atomic E-state index is 0.269. The third-order valence-electron chi connectivity index (χ3n) is 4.18. The number of quaternary nitrogens is 1. The van der Waals surface area contributed by atoms with Crippen molar-refractivity contribution in [3.05, 3.63) is 60.2 Å². The van der Waals surface area contributed by atoms with Gasteiger partial charge < -0.3 is 5.32 Å². The summed E-state index contributed by atoms with van der Waals surface area (Å²) in [6.45, 7) is 8.60. The van der Waals surface area contributed by atoms with Gasteiger partial charge in [0, 0.05) is 18.4 Å². The molecule has 1 nitrogen and oxygen atoms in total. The van der Waals surface area contributed by atoms with E-state index in [1.165, 1.54) is 21.9 Å². The average Bonchev–Trinajstić information content (AvgIpc) is 2.38. The first-order chi connectivity index (χ1) is 9.11. The van der Waals surface area contributed by atoms with E-state index in [1.807, 2.05) is 6.08 Å². The smallest absolute Gasteiger partial charge is 0.116 e. The standard InChI is InChI=1S/C18H21N/c1-4-7-17-15-11-10-13-8-5-6-9-14(13)16(15)12-18(2,3)19-17/h4-6,8-11,17,19H,1,7,12H2,2-3H3/p+1/t17-/m1/s1. The van der Waals surface area contributed by atoms with Gasteiger partial charge in [-0.15, -0.1) is 6.58 Å². The Balaban J connectivity index is 2.22. The monoisotopic (exact) mass is 252 g/mol. The van der Waals surface area contributed by atoms with Gasteiger partial charge in [0.2, 0.25) is 0 Å². The Morgan fingerprint density at radius 1 is 1.26 bits per heavy atom. The molecule has 0 aromatic heterocycles. The van der Waals surface area contributed by atoms with Crippen molar-refractivity contribution in [1.29, 1.82) is 0 Å². The van der Waals surface area contributed by atoms with Crippen molar-refractivity contribution >= 4 is 10.8 Å². The third-order valence-corrected chi connectivity index (χ3v) is 4.18. The molecule has 1 aliphatic heterocycles. The van der Waals surface area contributed by atoms with Crippen LogP contribution in [0, 0.1) is 0 Å². The SMILES string of the molecule is C=CC[C@H]1[NH2+]C(C)(C)Cc2c1ccc1ccccc21. The molecular formula is C18H22N+. The van der Waals surface area contributed by atoms with Crippen LogP contribution in [0.15, 0.2) is 49.1 Å². The summed E-state index contributed by atoms with van der Waals surface area (Å²) < 4.78 is 0. The minimum absolute atomic E-state index is 0.269. The van der Waals surface area contributed by atoms with Crippen LogP contribution in [0.2, 0.25) is 0 Å². The van der Waals surface area contributed by atoms with Gasteiger partial charge in [-0.1, -0.05) is 42.5 Å². The van der Waals surface area contributed by atoms with Crippen LogP contribution in [0.3, 0.4) is 0 Å². The highest BCUT2D eigenvalue weighted by molar-refractivity contribution is 5.87. The summed E-state index contributed by atoms with van der Waals surface area (Å²) in [4.78, 5) is 0. The number of hydrogen-bond donors (Lipinski definition) is 1. The Morgan fingerprint density at radius 3 is 2.84 bits per heavy atom. The molecule has 0 unspecified atom stereocenters. The highest BCUT2D eigenvalue weighted by Gasteiger charge is 2.35. The zero-order valence-corrected chi connectivity index (χ0v) is 11.8. The number of benzene rings is 2. The predicted molar refractivity (Wildman–Crippen MR) is 81.2 cm³/mol. The summed E-state index contributed by atoms with van der Waals surface area (Å²) in [5.41, 5.74) is 3.31. The fourth-order valence-electron chi connectivity index (χ4n) is 3.42. The van der Waals surface area contributed by atoms with Crippen LogP contribution >= 0.6 is 0 Å². The number of fused-ring (bicyclic) bond motifs is 3. The second kappa shape index (κ2) is 4.50. The van der Waals surface area contributed by atoms with Crippen molar-refractivity contribution < 1.29 is 5.32 Å². The second-order valence-corrected chi connectivity index (χ2v) is 6.32. The van der Waals surface area contributed by atoms with Gasteiger partial charge in [-0.05, 0) is 30.2 Å². The van der Waals surface area contributed by atoms with Crippen molar-refractivity contribution in [2.45, 2.75) is 38.3 Å². The molecular weight excluding hydrogens is 230 g/mol. The van der Waals surface area contributed by atoms with Crippen molar-refractivity contribution in [2.75, 3.05) is 0 Å². The molecule has 0 saturated heterocycles. The highest BCUT2D eigenvalue weighted by Crippen LogP contribution is 2.32. The van der Waals surface area contributed by atoms with Crippen molar-refractivity contribution in [1.82, 2.24) is 0 Å². The number of hydrogen-bond acceptors (Lipinski definition) is 0. The molecule has 0 spiro atoms. The van der Waals surface area contributed by atoms with Crippen LogP contribution in [-0.2, 0) is 6.42 Å². The molecule has 0 amide bonds. The molecule has 1 heterocycles. The topological polar surface area (TPSA) is 16.6 Å². The molecule has 0 fully saturated rings. The van der Waals surface area contributed by atoms with Gasteiger partial charge >= 0.3 is 0 Å². The van der Waals surface area contributed by atoms with E-state index in [0.717, 1.165) is 12.8 Å². The molecule has 3 rings (SSSR count). The van der Waals surface area contributed by atoms with Crippen LogP contribution in [0.1, 0.15) is 37.4 Å². The Hall–Kier alpha value is -1.60. The van der Waals surface area contributed by atoms with E-state index >= 15 is 0 Å². The van der Waals surface area contributed by atoms with E-state index in [4.69, 9.17) is 0 Å². The van der Waals surface area contributed by atoms with Crippen LogP contribution in [0.25, 0.3) is 10.8 Å². The molecule has 0 saturated carbocycles. The molecule has 0 radical (unpaired) electrons. The van der Waals surface area contributed by atoms with E-state index in [2.05, 4.69) is 62.1 Å². The first-order valence-corrected chi connectivity index (χ1v) is 7.08. The van der Waals surface area contributed by atoms with Gasteiger partial charge in [-0.2, -0.15) is 0 Å². The molecule has 0 bridgehead atoms. The van der Waals surface area contributed by atoms with E-state index in [9.17, 15) is 0 Å². The van der Waals surface area contributed by atoms with E-state index in [-0.39, 0.29) is 5.54 Å². The zero-order chi connectivity index (χ0) is 13.5. The maximum absolute atomic E-state index is 3.92. The normalized spacial score (nSPS) is 21.1. The lowest BCUT2D eigenvalue weighted by molar-refractivity contribution is -0.760. The molecule has 1 aliphatic rings. The van der Waals surface area contributed by atoms with Gasteiger partial charge in [0.1, 0.15) is 6.04 Å². The summed E-state index contributed by atoms with van der Waals surface area (Å²) in [5, 5.41) is 5.29. The fourth-order valence-corrected chi connectivity index (χ4v) is 3.42. The highest BCUT2D eigenvalue weighted by atomic mass is 15.0. The Kier molecular flexibility index (Phi) is 2.94. The summed E-state index contributed by atoms with van der Waals surface area (Å²) in [5.74, 6) is 0. The van der Waals surface area contributed by atoms with Gasteiger partial charge in [-0.25, -0.2) is 0 Å². The minimum Gasteiger partial charge on any atom is -0.335 e. The number of rotatable bonds is 2. The lowest BCUT2D eigenvalue weighted by Gasteiger charge is -2.35. The second-order valence-electron chi connectivity index (χ2n) is 6.32. The van der Waals surface area contributed by atoms with Crippen LogP contribution in [-0.4, -0.2) is 5.54 Å². The molecule has 2 aromatic rings. The Bertz CT molecular complexity index is 625. The van der Waals surface area contributed by atoms with Gasteiger partial charge in [0.25, 0.3) is 0 Å². The summed E-state index contributed by atoms with van der Waals surface area (Å²) in [6.07, 6.45) is 4.22. The predicted octanol–water partition coefficient (Wildman–Crippen LogP) is 3.36. The quantitative estimate of drug-likeness (QED) is 0.789. The van der Waals surface area contributed by atoms with E-state index in [1.54, 1.807) is 0 Å². The molecule has 1 heteroatoms. The average molecular weight is 252 g/mol. The Morgan fingerprint density at radius 2 is 2.05 bits per heavy atom. The lowest BCUT2D eigenvalue weighted by Crippen LogP contribution is -2.97. The van der Waals surface area contributed by atoms with Crippen molar-refractivity contribution in [2.24, 2.45) is 0 Å². The zero-order valence-electron chi connectivity index (χ0n) is 11.8. The van der Waals surface area contributed by atoms with E-state index in [0.29, 0.717) is 6.04 Å². The fraction of sp³-hybridized carbons (Fsp3) is 0.333. The molecule has 19 heavy (non-hydrogen) atoms. The maximum atomic E-state index is 3.92. The van der Waals surface area contributed by atoms with Gasteiger partial charge in [-0.3, -0.25) is 0 Å². The molecule has 2 aromatic carbocycles. The van der Waals surface area contributed by atoms with Crippen molar-refractivity contribution in [3.8, 4) is 0 Å². The molecule has 98 valence electrons. The largest absolute Gasteiger partial charge is 0.335 e. The first kappa shape index (κ1) is 12.4. The molecule has 1 atom stereocenters. The summed E-state index contributed by atoms with van der Waals surface area (Å²) in [6, 6.07) is 13.8. The van der Waals surface area contributed by atoms with Gasteiger partial charge in [0.05, 0.1) is 5.54 Å². The molecule has 0 aliphatic carbocycles. The number of nitrogens with two attached hydrogens (primary N) is 1. The van der Waals surface area contributed by atoms with Crippen LogP contribution in [0.4, 0.5) is 0 Å². The Labute approximate surface area is 115 Å². The van der Waals surface area contributed by atoms with Crippen LogP contribution < -0.4 is 5.32 Å². The van der Waals surface area contributed by atoms with Gasteiger partial charge in [0.15, 0.2) is 0 Å². The van der Waals surface area contributed by atoms with E-state index < -0.39 is 0 Å². The first-order valence-electron chi connectivity index (χ1n) is 7.08. The van der Waals surface area contributed by atoms with Crippen LogP contribution in [0.5, 0.6) is 0 Å².